The number of rotatable bonds is 7. The molecule has 0 fully saturated rings. The predicted octanol–water partition coefficient (Wildman–Crippen LogP) is 1.94. The molecule has 0 aromatic carbocycles. The Morgan fingerprint density at radius 3 is 2.60 bits per heavy atom. The lowest BCUT2D eigenvalue weighted by molar-refractivity contribution is -0.121. The predicted molar refractivity (Wildman–Crippen MR) is 80.9 cm³/mol. The van der Waals surface area contributed by atoms with E-state index in [1.165, 1.54) is 5.56 Å². The fraction of sp³-hybridized carbons (Fsp3) is 0.600. The van der Waals surface area contributed by atoms with E-state index in [9.17, 15) is 4.79 Å². The molecule has 1 aromatic rings. The minimum Gasteiger partial charge on any atom is -0.383 e. The maximum absolute atomic E-state index is 11.5. The summed E-state index contributed by atoms with van der Waals surface area (Å²) in [5.74, 6) is 0.809. The van der Waals surface area contributed by atoms with Gasteiger partial charge in [-0.3, -0.25) is 4.79 Å². The molecular formula is C15H25N3O2. The molecule has 0 saturated carbocycles. The lowest BCUT2D eigenvalue weighted by atomic mass is 9.88. The zero-order valence-electron chi connectivity index (χ0n) is 12.8. The van der Waals surface area contributed by atoms with Crippen molar-refractivity contribution in [2.75, 3.05) is 32.1 Å². The van der Waals surface area contributed by atoms with Crippen molar-refractivity contribution in [3.8, 4) is 0 Å². The van der Waals surface area contributed by atoms with Crippen molar-refractivity contribution in [3.63, 3.8) is 0 Å². The van der Waals surface area contributed by atoms with Gasteiger partial charge in [0.2, 0.25) is 5.91 Å². The second-order valence-corrected chi connectivity index (χ2v) is 5.70. The van der Waals surface area contributed by atoms with E-state index < -0.39 is 0 Å². The summed E-state index contributed by atoms with van der Waals surface area (Å²) in [4.78, 5) is 15.8. The van der Waals surface area contributed by atoms with Crippen LogP contribution < -0.4 is 10.6 Å². The highest BCUT2D eigenvalue weighted by molar-refractivity contribution is 5.76. The standard InChI is InChI=1S/C15H25N3O2/c1-15(2,3)12-5-6-13(18-11-12)16-8-7-14(19)17-9-10-20-4/h5-6,11H,7-10H2,1-4H3,(H,16,18)(H,17,19). The van der Waals surface area contributed by atoms with Crippen LogP contribution in [0.1, 0.15) is 32.8 Å². The van der Waals surface area contributed by atoms with Crippen LogP contribution in [-0.4, -0.2) is 37.7 Å². The number of carbonyl (C=O) groups excluding carboxylic acids is 1. The highest BCUT2D eigenvalue weighted by Crippen LogP contribution is 2.21. The van der Waals surface area contributed by atoms with Gasteiger partial charge in [-0.15, -0.1) is 0 Å². The molecule has 0 unspecified atom stereocenters. The quantitative estimate of drug-likeness (QED) is 0.749. The number of nitrogens with zero attached hydrogens (tertiary/aromatic N) is 1. The third-order valence-corrected chi connectivity index (χ3v) is 2.92. The molecule has 0 aliphatic rings. The average molecular weight is 279 g/mol. The number of amides is 1. The van der Waals surface area contributed by atoms with E-state index in [2.05, 4.69) is 42.5 Å². The van der Waals surface area contributed by atoms with Crippen LogP contribution in [0.2, 0.25) is 0 Å². The van der Waals surface area contributed by atoms with E-state index in [-0.39, 0.29) is 11.3 Å². The third-order valence-electron chi connectivity index (χ3n) is 2.92. The van der Waals surface area contributed by atoms with Crippen LogP contribution in [0.3, 0.4) is 0 Å². The summed E-state index contributed by atoms with van der Waals surface area (Å²) in [5.41, 5.74) is 1.30. The number of aromatic nitrogens is 1. The molecule has 0 bridgehead atoms. The number of hydrogen-bond acceptors (Lipinski definition) is 4. The van der Waals surface area contributed by atoms with Crippen LogP contribution in [0.4, 0.5) is 5.82 Å². The summed E-state index contributed by atoms with van der Waals surface area (Å²) in [6.07, 6.45) is 2.30. The van der Waals surface area contributed by atoms with Crippen molar-refractivity contribution < 1.29 is 9.53 Å². The van der Waals surface area contributed by atoms with Crippen LogP contribution in [0, 0.1) is 0 Å². The monoisotopic (exact) mass is 279 g/mol. The van der Waals surface area contributed by atoms with Gasteiger partial charge in [-0.25, -0.2) is 4.98 Å². The molecule has 112 valence electrons. The summed E-state index contributed by atoms with van der Waals surface area (Å²) >= 11 is 0. The molecule has 1 aromatic heterocycles. The molecule has 0 spiro atoms. The maximum Gasteiger partial charge on any atom is 0.221 e. The molecule has 1 heterocycles. The average Bonchev–Trinajstić information content (AvgIpc) is 2.38. The fourth-order valence-electron chi connectivity index (χ4n) is 1.63. The first kappa shape index (κ1) is 16.4. The largest absolute Gasteiger partial charge is 0.383 e. The van der Waals surface area contributed by atoms with Gasteiger partial charge < -0.3 is 15.4 Å². The highest BCUT2D eigenvalue weighted by Gasteiger charge is 2.13. The number of pyridine rings is 1. The summed E-state index contributed by atoms with van der Waals surface area (Å²) in [6, 6.07) is 4.01. The first-order valence-corrected chi connectivity index (χ1v) is 6.89. The van der Waals surface area contributed by atoms with E-state index in [1.54, 1.807) is 7.11 Å². The van der Waals surface area contributed by atoms with Gasteiger partial charge in [0.05, 0.1) is 6.61 Å². The SMILES string of the molecule is COCCNC(=O)CCNc1ccc(C(C)(C)C)cn1. The summed E-state index contributed by atoms with van der Waals surface area (Å²) in [7, 11) is 1.61. The van der Waals surface area contributed by atoms with Crippen molar-refractivity contribution in [2.45, 2.75) is 32.6 Å². The van der Waals surface area contributed by atoms with Gasteiger partial charge in [-0.2, -0.15) is 0 Å². The lowest BCUT2D eigenvalue weighted by Gasteiger charge is -2.18. The van der Waals surface area contributed by atoms with Crippen molar-refractivity contribution >= 4 is 11.7 Å². The maximum atomic E-state index is 11.5. The van der Waals surface area contributed by atoms with Crippen molar-refractivity contribution in [1.29, 1.82) is 0 Å². The zero-order valence-corrected chi connectivity index (χ0v) is 12.8. The van der Waals surface area contributed by atoms with Crippen molar-refractivity contribution in [2.24, 2.45) is 0 Å². The highest BCUT2D eigenvalue weighted by atomic mass is 16.5. The Morgan fingerprint density at radius 2 is 2.05 bits per heavy atom. The molecule has 5 nitrogen and oxygen atoms in total. The Labute approximate surface area is 121 Å². The van der Waals surface area contributed by atoms with Crippen LogP contribution >= 0.6 is 0 Å². The first-order chi connectivity index (χ1) is 9.43. The van der Waals surface area contributed by atoms with Gasteiger partial charge >= 0.3 is 0 Å². The number of nitrogens with one attached hydrogen (secondary N) is 2. The van der Waals surface area contributed by atoms with Gasteiger partial charge in [-0.05, 0) is 17.0 Å². The Kier molecular flexibility index (Phi) is 6.45. The summed E-state index contributed by atoms with van der Waals surface area (Å²) in [5, 5.41) is 5.92. The number of hydrogen-bond donors (Lipinski definition) is 2. The van der Waals surface area contributed by atoms with Crippen LogP contribution in [0.25, 0.3) is 0 Å². The molecule has 0 aliphatic heterocycles. The van der Waals surface area contributed by atoms with Gasteiger partial charge in [0.25, 0.3) is 0 Å². The number of ether oxygens (including phenoxy) is 1. The Balaban J connectivity index is 2.30. The molecule has 0 aliphatic carbocycles. The van der Waals surface area contributed by atoms with Crippen molar-refractivity contribution in [1.82, 2.24) is 10.3 Å². The Morgan fingerprint density at radius 1 is 1.30 bits per heavy atom. The second-order valence-electron chi connectivity index (χ2n) is 5.70. The number of carbonyl (C=O) groups is 1. The molecule has 5 heteroatoms. The van der Waals surface area contributed by atoms with Gasteiger partial charge in [0.1, 0.15) is 5.82 Å². The fourth-order valence-corrected chi connectivity index (χ4v) is 1.63. The van der Waals surface area contributed by atoms with E-state index in [0.717, 1.165) is 5.82 Å². The van der Waals surface area contributed by atoms with E-state index >= 15 is 0 Å². The first-order valence-electron chi connectivity index (χ1n) is 6.89. The normalized spacial score (nSPS) is 11.2. The number of methoxy groups -OCH3 is 1. The van der Waals surface area contributed by atoms with Crippen LogP contribution in [-0.2, 0) is 14.9 Å². The Hall–Kier alpha value is -1.62. The van der Waals surface area contributed by atoms with E-state index in [4.69, 9.17) is 4.74 Å². The molecular weight excluding hydrogens is 254 g/mol. The molecule has 20 heavy (non-hydrogen) atoms. The third kappa shape index (κ3) is 6.02. The van der Waals surface area contributed by atoms with Gasteiger partial charge in [0.15, 0.2) is 0 Å². The number of anilines is 1. The van der Waals surface area contributed by atoms with Crippen LogP contribution in [0.5, 0.6) is 0 Å². The second kappa shape index (κ2) is 7.85. The minimum absolute atomic E-state index is 0.0147. The molecule has 0 atom stereocenters. The molecule has 1 rings (SSSR count). The van der Waals surface area contributed by atoms with E-state index in [0.29, 0.717) is 26.1 Å². The van der Waals surface area contributed by atoms with Gasteiger partial charge in [-0.1, -0.05) is 26.8 Å². The zero-order chi connectivity index (χ0) is 15.0. The molecule has 1 amide bonds. The summed E-state index contributed by atoms with van der Waals surface area (Å²) in [6.45, 7) is 8.12. The summed E-state index contributed by atoms with van der Waals surface area (Å²) < 4.78 is 4.86. The smallest absolute Gasteiger partial charge is 0.221 e. The van der Waals surface area contributed by atoms with E-state index in [1.807, 2.05) is 12.3 Å². The molecule has 0 radical (unpaired) electrons. The lowest BCUT2D eigenvalue weighted by Crippen LogP contribution is -2.28. The Bertz CT molecular complexity index is 410. The van der Waals surface area contributed by atoms with Crippen molar-refractivity contribution in [3.05, 3.63) is 23.9 Å². The topological polar surface area (TPSA) is 63.2 Å². The van der Waals surface area contributed by atoms with Gasteiger partial charge in [0, 0.05) is 32.8 Å². The molecule has 0 saturated heterocycles. The minimum atomic E-state index is 0.0147. The van der Waals surface area contributed by atoms with Crippen LogP contribution in [0.15, 0.2) is 18.3 Å². The molecule has 2 N–H and O–H groups in total.